The first-order valence-electron chi connectivity index (χ1n) is 5.97. The van der Waals surface area contributed by atoms with Crippen LogP contribution >= 0.6 is 10.7 Å². The summed E-state index contributed by atoms with van der Waals surface area (Å²) in [5.74, 6) is 0.690. The molecule has 19 heavy (non-hydrogen) atoms. The normalized spacial score (nSPS) is 21.6. The monoisotopic (exact) mass is 301 g/mol. The third-order valence-electron chi connectivity index (χ3n) is 3.31. The van der Waals surface area contributed by atoms with Gasteiger partial charge in [-0.05, 0) is 31.0 Å². The summed E-state index contributed by atoms with van der Waals surface area (Å²) < 4.78 is 28.1. The van der Waals surface area contributed by atoms with Gasteiger partial charge in [0.25, 0.3) is 9.05 Å². The predicted octanol–water partition coefficient (Wildman–Crippen LogP) is 1.57. The summed E-state index contributed by atoms with van der Waals surface area (Å²) in [6, 6.07) is 4.12. The van der Waals surface area contributed by atoms with E-state index < -0.39 is 9.05 Å². The molecule has 5 nitrogen and oxygen atoms in total. The molecule has 1 amide bonds. The second-order valence-corrected chi connectivity index (χ2v) is 7.35. The van der Waals surface area contributed by atoms with Crippen LogP contribution in [-0.4, -0.2) is 20.9 Å². The molecule has 1 unspecified atom stereocenters. The van der Waals surface area contributed by atoms with Gasteiger partial charge in [0.05, 0.1) is 10.9 Å². The van der Waals surface area contributed by atoms with Crippen molar-refractivity contribution in [2.45, 2.75) is 23.8 Å². The van der Waals surface area contributed by atoms with Crippen molar-refractivity contribution in [3.63, 3.8) is 0 Å². The Bertz CT molecular complexity index is 639. The van der Waals surface area contributed by atoms with E-state index in [9.17, 15) is 13.2 Å². The Morgan fingerprint density at radius 2 is 2.11 bits per heavy atom. The van der Waals surface area contributed by atoms with Gasteiger partial charge in [-0.3, -0.25) is 4.79 Å². The lowest BCUT2D eigenvalue weighted by atomic mass is 10.1. The minimum absolute atomic E-state index is 0.000540. The Morgan fingerprint density at radius 3 is 2.74 bits per heavy atom. The Labute approximate surface area is 115 Å². The molecule has 0 bridgehead atoms. The highest BCUT2D eigenvalue weighted by atomic mass is 35.7. The molecule has 7 heteroatoms. The fourth-order valence-electron chi connectivity index (χ4n) is 2.10. The predicted molar refractivity (Wildman–Crippen MR) is 68.6 cm³/mol. The topological polar surface area (TPSA) is 72.5 Å². The van der Waals surface area contributed by atoms with Crippen molar-refractivity contribution in [3.8, 4) is 5.75 Å². The summed E-state index contributed by atoms with van der Waals surface area (Å²) >= 11 is 0. The van der Waals surface area contributed by atoms with E-state index in [0.29, 0.717) is 17.9 Å². The summed E-state index contributed by atoms with van der Waals surface area (Å²) in [6.45, 7) is 0.319. The maximum absolute atomic E-state index is 11.7. The Kier molecular flexibility index (Phi) is 2.94. The highest BCUT2D eigenvalue weighted by molar-refractivity contribution is 8.13. The summed E-state index contributed by atoms with van der Waals surface area (Å²) in [4.78, 5) is 11.8. The van der Waals surface area contributed by atoms with Crippen molar-refractivity contribution in [1.82, 2.24) is 5.32 Å². The van der Waals surface area contributed by atoms with Crippen LogP contribution in [-0.2, 0) is 13.8 Å². The fraction of sp³-hybridized carbons (Fsp3) is 0.417. The van der Waals surface area contributed by atoms with Gasteiger partial charge in [-0.2, -0.15) is 0 Å². The number of ether oxygens (including phenoxy) is 1. The highest BCUT2D eigenvalue weighted by Gasteiger charge is 2.34. The smallest absolute Gasteiger partial charge is 0.261 e. The van der Waals surface area contributed by atoms with Crippen LogP contribution in [0, 0.1) is 5.92 Å². The summed E-state index contributed by atoms with van der Waals surface area (Å²) in [6.07, 6.45) is 1.84. The van der Waals surface area contributed by atoms with Gasteiger partial charge in [-0.25, -0.2) is 8.42 Å². The van der Waals surface area contributed by atoms with Gasteiger partial charge in [0.15, 0.2) is 0 Å². The third-order valence-corrected chi connectivity index (χ3v) is 4.66. The molecule has 102 valence electrons. The average molecular weight is 302 g/mol. The Hall–Kier alpha value is -1.27. The van der Waals surface area contributed by atoms with E-state index >= 15 is 0 Å². The molecular formula is C12H12ClNO4S. The number of carbonyl (C=O) groups excluding carboxylic acids is 1. The largest absolute Gasteiger partial charge is 0.491 e. The van der Waals surface area contributed by atoms with Crippen molar-refractivity contribution in [3.05, 3.63) is 23.8 Å². The SMILES string of the molecule is O=C(NC1COc2ccc(S(=O)(=O)Cl)cc21)C1CC1. The fourth-order valence-corrected chi connectivity index (χ4v) is 2.89. The van der Waals surface area contributed by atoms with E-state index in [1.165, 1.54) is 12.1 Å². The van der Waals surface area contributed by atoms with Gasteiger partial charge in [0.2, 0.25) is 5.91 Å². The molecule has 1 atom stereocenters. The van der Waals surface area contributed by atoms with Gasteiger partial charge in [0, 0.05) is 22.2 Å². The van der Waals surface area contributed by atoms with Crippen LogP contribution in [0.4, 0.5) is 0 Å². The van der Waals surface area contributed by atoms with E-state index in [1.54, 1.807) is 6.07 Å². The molecule has 0 aromatic heterocycles. The molecule has 0 spiro atoms. The molecule has 1 saturated carbocycles. The van der Waals surface area contributed by atoms with Crippen LogP contribution in [0.3, 0.4) is 0 Å². The lowest BCUT2D eigenvalue weighted by Gasteiger charge is -2.11. The van der Waals surface area contributed by atoms with Gasteiger partial charge in [-0.15, -0.1) is 0 Å². The number of carbonyl (C=O) groups is 1. The van der Waals surface area contributed by atoms with Crippen LogP contribution in [0.25, 0.3) is 0 Å². The van der Waals surface area contributed by atoms with Crippen LogP contribution < -0.4 is 10.1 Å². The van der Waals surface area contributed by atoms with E-state index in [1.807, 2.05) is 0 Å². The zero-order valence-corrected chi connectivity index (χ0v) is 11.5. The second-order valence-electron chi connectivity index (χ2n) is 4.78. The zero-order chi connectivity index (χ0) is 13.6. The van der Waals surface area contributed by atoms with Gasteiger partial charge in [0.1, 0.15) is 12.4 Å². The maximum atomic E-state index is 11.7. The maximum Gasteiger partial charge on any atom is 0.261 e. The molecule has 1 aromatic rings. The van der Waals surface area contributed by atoms with E-state index in [-0.39, 0.29) is 22.8 Å². The first-order valence-corrected chi connectivity index (χ1v) is 8.28. The second kappa shape index (κ2) is 4.38. The highest BCUT2D eigenvalue weighted by Crippen LogP contribution is 2.36. The average Bonchev–Trinajstić information content (AvgIpc) is 3.12. The molecule has 1 aliphatic heterocycles. The molecule has 1 aromatic carbocycles. The van der Waals surface area contributed by atoms with E-state index in [2.05, 4.69) is 5.32 Å². The summed E-state index contributed by atoms with van der Waals surface area (Å²) in [7, 11) is 1.54. The molecule has 1 heterocycles. The molecule has 0 radical (unpaired) electrons. The number of fused-ring (bicyclic) bond motifs is 1. The number of hydrogen-bond donors (Lipinski definition) is 1. The molecule has 2 aliphatic rings. The molecule has 1 aliphatic carbocycles. The Morgan fingerprint density at radius 1 is 1.37 bits per heavy atom. The number of amides is 1. The number of nitrogens with one attached hydrogen (secondary N) is 1. The van der Waals surface area contributed by atoms with Crippen molar-refractivity contribution < 1.29 is 17.9 Å². The van der Waals surface area contributed by atoms with Crippen molar-refractivity contribution in [2.24, 2.45) is 5.92 Å². The van der Waals surface area contributed by atoms with Crippen molar-refractivity contribution >= 4 is 25.6 Å². The van der Waals surface area contributed by atoms with Crippen LogP contribution in [0.5, 0.6) is 5.75 Å². The number of halogens is 1. The lowest BCUT2D eigenvalue weighted by Crippen LogP contribution is -2.30. The van der Waals surface area contributed by atoms with Gasteiger partial charge in [-0.1, -0.05) is 0 Å². The van der Waals surface area contributed by atoms with Gasteiger partial charge < -0.3 is 10.1 Å². The Balaban J connectivity index is 1.87. The lowest BCUT2D eigenvalue weighted by molar-refractivity contribution is -0.123. The quantitative estimate of drug-likeness (QED) is 0.860. The van der Waals surface area contributed by atoms with Gasteiger partial charge >= 0.3 is 0 Å². The van der Waals surface area contributed by atoms with E-state index in [4.69, 9.17) is 15.4 Å². The van der Waals surface area contributed by atoms with Crippen LogP contribution in [0.1, 0.15) is 24.4 Å². The first-order chi connectivity index (χ1) is 8.95. The van der Waals surface area contributed by atoms with Crippen LogP contribution in [0.2, 0.25) is 0 Å². The molecule has 1 fully saturated rings. The molecular weight excluding hydrogens is 290 g/mol. The first kappa shape index (κ1) is 12.7. The molecule has 0 saturated heterocycles. The van der Waals surface area contributed by atoms with E-state index in [0.717, 1.165) is 12.8 Å². The summed E-state index contributed by atoms with van der Waals surface area (Å²) in [5, 5.41) is 2.87. The molecule has 1 N–H and O–H groups in total. The minimum atomic E-state index is -3.78. The number of rotatable bonds is 3. The van der Waals surface area contributed by atoms with Crippen molar-refractivity contribution in [2.75, 3.05) is 6.61 Å². The third kappa shape index (κ3) is 2.55. The van der Waals surface area contributed by atoms with Crippen molar-refractivity contribution in [1.29, 1.82) is 0 Å². The van der Waals surface area contributed by atoms with Crippen LogP contribution in [0.15, 0.2) is 23.1 Å². The molecule has 3 rings (SSSR count). The number of hydrogen-bond acceptors (Lipinski definition) is 4. The summed E-state index contributed by atoms with van der Waals surface area (Å²) in [5.41, 5.74) is 0.663. The number of benzene rings is 1. The minimum Gasteiger partial charge on any atom is -0.491 e. The zero-order valence-electron chi connectivity index (χ0n) is 9.93. The standard InChI is InChI=1S/C12H12ClNO4S/c13-19(16,17)8-3-4-11-9(5-8)10(6-18-11)14-12(15)7-1-2-7/h3-5,7,10H,1-2,6H2,(H,14,15).